The van der Waals surface area contributed by atoms with E-state index in [1.165, 1.54) is 19.2 Å². The van der Waals surface area contributed by atoms with Crippen LogP contribution in [0.15, 0.2) is 36.4 Å². The molecule has 1 aliphatic heterocycles. The van der Waals surface area contributed by atoms with E-state index in [4.69, 9.17) is 4.74 Å². The van der Waals surface area contributed by atoms with Gasteiger partial charge in [-0.2, -0.15) is 0 Å². The van der Waals surface area contributed by atoms with Gasteiger partial charge in [0.2, 0.25) is 5.88 Å². The molecule has 0 spiro atoms. The lowest BCUT2D eigenvalue weighted by Gasteiger charge is -2.25. The molecule has 0 unspecified atom stereocenters. The predicted octanol–water partition coefficient (Wildman–Crippen LogP) is 2.49. The second-order valence-electron chi connectivity index (χ2n) is 5.96. The van der Waals surface area contributed by atoms with Crippen LogP contribution < -0.4 is 4.74 Å². The summed E-state index contributed by atoms with van der Waals surface area (Å²) in [6, 6.07) is 9.03. The van der Waals surface area contributed by atoms with Crippen molar-refractivity contribution in [3.8, 4) is 5.88 Å². The molecule has 5 nitrogen and oxygen atoms in total. The largest absolute Gasteiger partial charge is 0.481 e. The fraction of sp³-hybridized carbons (Fsp3) is 0.333. The van der Waals surface area contributed by atoms with E-state index in [9.17, 15) is 14.3 Å². The molecule has 0 saturated carbocycles. The normalized spacial score (nSPS) is 20.2. The van der Waals surface area contributed by atoms with Gasteiger partial charge in [0, 0.05) is 23.9 Å². The Kier molecular flexibility index (Phi) is 4.49. The minimum atomic E-state index is -0.632. The third kappa shape index (κ3) is 3.23. The van der Waals surface area contributed by atoms with Crippen LogP contribution in [-0.4, -0.2) is 40.7 Å². The van der Waals surface area contributed by atoms with E-state index in [0.29, 0.717) is 29.1 Å². The van der Waals surface area contributed by atoms with E-state index >= 15 is 0 Å². The number of aliphatic hydroxyl groups is 1. The summed E-state index contributed by atoms with van der Waals surface area (Å²) in [5.74, 6) is -0.229. The molecule has 0 bridgehead atoms. The first-order valence-corrected chi connectivity index (χ1v) is 7.75. The van der Waals surface area contributed by atoms with Crippen molar-refractivity contribution in [1.29, 1.82) is 0 Å². The zero-order valence-corrected chi connectivity index (χ0v) is 13.6. The maximum Gasteiger partial charge on any atom is 0.254 e. The third-order valence-electron chi connectivity index (χ3n) is 4.16. The van der Waals surface area contributed by atoms with Crippen LogP contribution in [0.4, 0.5) is 4.39 Å². The molecule has 2 heterocycles. The maximum atomic E-state index is 13.5. The molecule has 6 heteroatoms. The lowest BCUT2D eigenvalue weighted by molar-refractivity contribution is 0.0715. The van der Waals surface area contributed by atoms with Crippen LogP contribution in [-0.2, 0) is 0 Å². The Morgan fingerprint density at radius 2 is 2.17 bits per heavy atom. The zero-order valence-electron chi connectivity index (χ0n) is 13.6. The summed E-state index contributed by atoms with van der Waals surface area (Å²) in [4.78, 5) is 18.7. The number of hydrogen-bond donors (Lipinski definition) is 1. The zero-order chi connectivity index (χ0) is 17.3. The van der Waals surface area contributed by atoms with Gasteiger partial charge in [-0.3, -0.25) is 4.79 Å². The average Bonchev–Trinajstić information content (AvgIpc) is 2.95. The number of aromatic nitrogens is 1. The summed E-state index contributed by atoms with van der Waals surface area (Å²) >= 11 is 0. The summed E-state index contributed by atoms with van der Waals surface area (Å²) in [5.41, 5.74) is 1.78. The molecular formula is C18H19FN2O3. The second-order valence-corrected chi connectivity index (χ2v) is 5.96. The van der Waals surface area contributed by atoms with Crippen molar-refractivity contribution < 1.29 is 19.0 Å². The highest BCUT2D eigenvalue weighted by Gasteiger charge is 2.36. The molecule has 24 heavy (non-hydrogen) atoms. The molecule has 3 rings (SSSR count). The van der Waals surface area contributed by atoms with Crippen LogP contribution in [0.25, 0.3) is 0 Å². The molecule has 1 aliphatic rings. The van der Waals surface area contributed by atoms with Crippen molar-refractivity contribution in [2.45, 2.75) is 25.5 Å². The number of aliphatic hydroxyl groups excluding tert-OH is 1. The number of β-amino-alcohol motifs (C(OH)–C–C–N with tert-alkyl or cyclic N) is 1. The number of pyridine rings is 1. The van der Waals surface area contributed by atoms with E-state index in [0.717, 1.165) is 0 Å². The molecule has 1 amide bonds. The molecule has 1 N–H and O–H groups in total. The summed E-state index contributed by atoms with van der Waals surface area (Å²) < 4.78 is 18.6. The van der Waals surface area contributed by atoms with Crippen LogP contribution in [0.5, 0.6) is 5.88 Å². The van der Waals surface area contributed by atoms with Crippen molar-refractivity contribution in [1.82, 2.24) is 9.88 Å². The van der Waals surface area contributed by atoms with Crippen LogP contribution in [0, 0.1) is 12.7 Å². The maximum absolute atomic E-state index is 13.5. The molecule has 1 aromatic heterocycles. The van der Waals surface area contributed by atoms with Crippen molar-refractivity contribution in [3.05, 3.63) is 59.0 Å². The molecular weight excluding hydrogens is 311 g/mol. The van der Waals surface area contributed by atoms with Crippen molar-refractivity contribution >= 4 is 5.91 Å². The van der Waals surface area contributed by atoms with E-state index in [1.54, 1.807) is 36.1 Å². The number of aryl methyl sites for hydroxylation is 1. The van der Waals surface area contributed by atoms with Crippen LogP contribution in [0.3, 0.4) is 0 Å². The molecule has 1 fully saturated rings. The van der Waals surface area contributed by atoms with Crippen LogP contribution >= 0.6 is 0 Å². The van der Waals surface area contributed by atoms with Gasteiger partial charge in [0.05, 0.1) is 19.3 Å². The summed E-state index contributed by atoms with van der Waals surface area (Å²) in [5, 5.41) is 10.0. The van der Waals surface area contributed by atoms with Gasteiger partial charge in [0.1, 0.15) is 5.82 Å². The van der Waals surface area contributed by atoms with E-state index in [1.807, 2.05) is 0 Å². The van der Waals surface area contributed by atoms with E-state index in [-0.39, 0.29) is 24.3 Å². The lowest BCUT2D eigenvalue weighted by Crippen LogP contribution is -2.32. The van der Waals surface area contributed by atoms with Gasteiger partial charge >= 0.3 is 0 Å². The predicted molar refractivity (Wildman–Crippen MR) is 86.3 cm³/mol. The van der Waals surface area contributed by atoms with E-state index in [2.05, 4.69) is 4.98 Å². The van der Waals surface area contributed by atoms with Gasteiger partial charge < -0.3 is 14.7 Å². The minimum Gasteiger partial charge on any atom is -0.481 e. The summed E-state index contributed by atoms with van der Waals surface area (Å²) in [6.07, 6.45) is -0.247. The first-order chi connectivity index (χ1) is 11.5. The SMILES string of the molecule is COc1cc(C(=O)N2C[C@H](O)C[C@H]2c2cccc(F)c2)cc(C)n1. The number of nitrogens with zero attached hydrogens (tertiary/aromatic N) is 2. The summed E-state index contributed by atoms with van der Waals surface area (Å²) in [7, 11) is 1.49. The Morgan fingerprint density at radius 3 is 2.88 bits per heavy atom. The van der Waals surface area contributed by atoms with Crippen LogP contribution in [0.1, 0.15) is 34.1 Å². The Labute approximate surface area is 139 Å². The van der Waals surface area contributed by atoms with Gasteiger partial charge in [-0.25, -0.2) is 9.37 Å². The lowest BCUT2D eigenvalue weighted by atomic mass is 10.0. The van der Waals surface area contributed by atoms with Crippen LogP contribution in [0.2, 0.25) is 0 Å². The van der Waals surface area contributed by atoms with Crippen molar-refractivity contribution in [2.75, 3.05) is 13.7 Å². The van der Waals surface area contributed by atoms with Crippen molar-refractivity contribution in [3.63, 3.8) is 0 Å². The number of rotatable bonds is 3. The Balaban J connectivity index is 1.94. The fourth-order valence-corrected chi connectivity index (χ4v) is 3.10. The highest BCUT2D eigenvalue weighted by molar-refractivity contribution is 5.95. The van der Waals surface area contributed by atoms with Gasteiger partial charge in [-0.15, -0.1) is 0 Å². The first-order valence-electron chi connectivity index (χ1n) is 7.75. The third-order valence-corrected chi connectivity index (χ3v) is 4.16. The highest BCUT2D eigenvalue weighted by Crippen LogP contribution is 2.34. The average molecular weight is 330 g/mol. The molecule has 126 valence electrons. The Hall–Kier alpha value is -2.47. The van der Waals surface area contributed by atoms with Gasteiger partial charge in [-0.05, 0) is 37.1 Å². The number of amides is 1. The minimum absolute atomic E-state index is 0.212. The fourth-order valence-electron chi connectivity index (χ4n) is 3.10. The van der Waals surface area contributed by atoms with Gasteiger partial charge in [-0.1, -0.05) is 12.1 Å². The molecule has 2 atom stereocenters. The smallest absolute Gasteiger partial charge is 0.254 e. The number of halogens is 1. The Morgan fingerprint density at radius 1 is 1.38 bits per heavy atom. The first kappa shape index (κ1) is 16.4. The summed E-state index contributed by atoms with van der Waals surface area (Å²) in [6.45, 7) is 1.99. The number of benzene rings is 1. The number of methoxy groups -OCH3 is 1. The standard InChI is InChI=1S/C18H19FN2O3/c1-11-6-13(8-17(20-11)24-2)18(23)21-10-15(22)9-16(21)12-4-3-5-14(19)7-12/h3-8,15-16,22H,9-10H2,1-2H3/t15-,16+/m1/s1. The Bertz CT molecular complexity index is 766. The number of carbonyl (C=O) groups is 1. The monoisotopic (exact) mass is 330 g/mol. The quantitative estimate of drug-likeness (QED) is 0.939. The van der Waals surface area contributed by atoms with Gasteiger partial charge in [0.15, 0.2) is 0 Å². The molecule has 1 saturated heterocycles. The number of hydrogen-bond acceptors (Lipinski definition) is 4. The highest BCUT2D eigenvalue weighted by atomic mass is 19.1. The van der Waals surface area contributed by atoms with E-state index < -0.39 is 6.10 Å². The second kappa shape index (κ2) is 6.57. The van der Waals surface area contributed by atoms with Gasteiger partial charge in [0.25, 0.3) is 5.91 Å². The molecule has 0 radical (unpaired) electrons. The molecule has 0 aliphatic carbocycles. The topological polar surface area (TPSA) is 62.7 Å². The van der Waals surface area contributed by atoms with Crippen molar-refractivity contribution in [2.24, 2.45) is 0 Å². The molecule has 1 aromatic carbocycles. The number of carbonyl (C=O) groups excluding carboxylic acids is 1. The molecule has 2 aromatic rings. The number of ether oxygens (including phenoxy) is 1. The number of likely N-dealkylation sites (tertiary alicyclic amines) is 1.